The van der Waals surface area contributed by atoms with Crippen LogP contribution < -0.4 is 5.32 Å². The maximum Gasteiger partial charge on any atom is 0.313 e. The van der Waals surface area contributed by atoms with Gasteiger partial charge >= 0.3 is 5.97 Å². The quantitative estimate of drug-likeness (QED) is 0.768. The number of amides is 1. The van der Waals surface area contributed by atoms with Crippen molar-refractivity contribution >= 4 is 23.6 Å². The number of nitrogens with zero attached hydrogens (tertiary/aromatic N) is 1. The summed E-state index contributed by atoms with van der Waals surface area (Å²) in [5.74, 6) is -0.480. The Morgan fingerprint density at radius 3 is 2.70 bits per heavy atom. The number of aromatic nitrogens is 1. The predicted molar refractivity (Wildman–Crippen MR) is 88.4 cm³/mol. The highest BCUT2D eigenvalue weighted by molar-refractivity contribution is 8.00. The van der Waals surface area contributed by atoms with Crippen molar-refractivity contribution in [3.63, 3.8) is 0 Å². The van der Waals surface area contributed by atoms with Crippen LogP contribution in [0.2, 0.25) is 0 Å². The fourth-order valence-electron chi connectivity index (χ4n) is 1.86. The van der Waals surface area contributed by atoms with Crippen molar-refractivity contribution in [2.45, 2.75) is 13.3 Å². The molecule has 0 atom stereocenters. The fourth-order valence-corrected chi connectivity index (χ4v) is 2.43. The van der Waals surface area contributed by atoms with Gasteiger partial charge < -0.3 is 14.8 Å². The van der Waals surface area contributed by atoms with E-state index in [1.807, 2.05) is 31.2 Å². The molecule has 0 saturated carbocycles. The average molecular weight is 334 g/mol. The number of carboxylic acid groups (broad SMARTS) is 1. The number of nitrogens with one attached hydrogen (secondary N) is 1. The predicted octanol–water partition coefficient (Wildman–Crippen LogP) is 2.13. The molecular formula is C16H18N2O4S. The van der Waals surface area contributed by atoms with Crippen LogP contribution in [0.25, 0.3) is 11.5 Å². The first-order chi connectivity index (χ1) is 11.0. The summed E-state index contributed by atoms with van der Waals surface area (Å²) in [5, 5.41) is 11.2. The van der Waals surface area contributed by atoms with Crippen molar-refractivity contribution < 1.29 is 19.1 Å². The number of oxazole rings is 1. The molecule has 23 heavy (non-hydrogen) atoms. The maximum atomic E-state index is 11.5. The van der Waals surface area contributed by atoms with Gasteiger partial charge in [0.1, 0.15) is 6.26 Å². The van der Waals surface area contributed by atoms with Crippen LogP contribution in [0, 0.1) is 6.92 Å². The standard InChI is InChI=1S/C16H18N2O4S/c1-11-2-4-12(5-3-11)16-18-13(8-22-16)6-7-17-14(19)9-23-10-15(20)21/h2-5,8H,6-7,9-10H2,1H3,(H,17,19)(H,20,21). The summed E-state index contributed by atoms with van der Waals surface area (Å²) in [4.78, 5) is 26.2. The summed E-state index contributed by atoms with van der Waals surface area (Å²) in [6.07, 6.45) is 2.14. The molecule has 0 aliphatic heterocycles. The van der Waals surface area contributed by atoms with Gasteiger partial charge in [-0.15, -0.1) is 11.8 Å². The Kier molecular flexibility index (Phi) is 6.22. The molecule has 0 bridgehead atoms. The summed E-state index contributed by atoms with van der Waals surface area (Å²) in [6, 6.07) is 7.89. The van der Waals surface area contributed by atoms with Crippen molar-refractivity contribution in [2.24, 2.45) is 0 Å². The van der Waals surface area contributed by atoms with E-state index in [4.69, 9.17) is 9.52 Å². The minimum absolute atomic E-state index is 0.0728. The zero-order valence-corrected chi connectivity index (χ0v) is 13.6. The molecule has 6 nitrogen and oxygen atoms in total. The van der Waals surface area contributed by atoms with E-state index in [9.17, 15) is 9.59 Å². The zero-order chi connectivity index (χ0) is 16.7. The Labute approximate surface area is 138 Å². The molecule has 122 valence electrons. The monoisotopic (exact) mass is 334 g/mol. The second-order valence-electron chi connectivity index (χ2n) is 5.00. The van der Waals surface area contributed by atoms with Crippen LogP contribution in [0.3, 0.4) is 0 Å². The number of thioether (sulfide) groups is 1. The molecule has 0 radical (unpaired) electrons. The number of hydrogen-bond acceptors (Lipinski definition) is 5. The fraction of sp³-hybridized carbons (Fsp3) is 0.312. The highest BCUT2D eigenvalue weighted by Gasteiger charge is 2.08. The molecule has 1 aromatic carbocycles. The summed E-state index contributed by atoms with van der Waals surface area (Å²) in [6.45, 7) is 2.45. The lowest BCUT2D eigenvalue weighted by molar-refractivity contribution is -0.133. The minimum Gasteiger partial charge on any atom is -0.481 e. The van der Waals surface area contributed by atoms with Gasteiger partial charge in [0.05, 0.1) is 17.2 Å². The summed E-state index contributed by atoms with van der Waals surface area (Å²) in [7, 11) is 0. The van der Waals surface area contributed by atoms with Crippen LogP contribution in [-0.4, -0.2) is 40.0 Å². The number of benzene rings is 1. The normalized spacial score (nSPS) is 10.5. The van der Waals surface area contributed by atoms with Crippen LogP contribution >= 0.6 is 11.8 Å². The molecule has 1 amide bonds. The van der Waals surface area contributed by atoms with E-state index in [2.05, 4.69) is 10.3 Å². The molecule has 2 N–H and O–H groups in total. The van der Waals surface area contributed by atoms with Gasteiger partial charge in [-0.3, -0.25) is 9.59 Å². The van der Waals surface area contributed by atoms with E-state index < -0.39 is 5.97 Å². The lowest BCUT2D eigenvalue weighted by Crippen LogP contribution is -2.27. The highest BCUT2D eigenvalue weighted by Crippen LogP contribution is 2.19. The van der Waals surface area contributed by atoms with E-state index in [-0.39, 0.29) is 17.4 Å². The van der Waals surface area contributed by atoms with Crippen LogP contribution in [0.15, 0.2) is 34.9 Å². The van der Waals surface area contributed by atoms with Gasteiger partial charge in [0.25, 0.3) is 0 Å². The van der Waals surface area contributed by atoms with Crippen LogP contribution in [0.5, 0.6) is 0 Å². The van der Waals surface area contributed by atoms with Crippen LogP contribution in [0.1, 0.15) is 11.3 Å². The smallest absolute Gasteiger partial charge is 0.313 e. The van der Waals surface area contributed by atoms with E-state index >= 15 is 0 Å². The molecule has 7 heteroatoms. The van der Waals surface area contributed by atoms with E-state index in [0.29, 0.717) is 18.9 Å². The van der Waals surface area contributed by atoms with Gasteiger partial charge in [0.15, 0.2) is 0 Å². The number of hydrogen-bond donors (Lipinski definition) is 2. The third-order valence-electron chi connectivity index (χ3n) is 3.01. The molecular weight excluding hydrogens is 316 g/mol. The lowest BCUT2D eigenvalue weighted by atomic mass is 10.1. The van der Waals surface area contributed by atoms with E-state index in [0.717, 1.165) is 23.0 Å². The largest absolute Gasteiger partial charge is 0.481 e. The topological polar surface area (TPSA) is 92.4 Å². The summed E-state index contributed by atoms with van der Waals surface area (Å²) < 4.78 is 5.45. The molecule has 0 saturated heterocycles. The first kappa shape index (κ1) is 17.1. The van der Waals surface area contributed by atoms with Crippen LogP contribution in [0.4, 0.5) is 0 Å². The van der Waals surface area contributed by atoms with Crippen molar-refractivity contribution in [1.82, 2.24) is 10.3 Å². The first-order valence-corrected chi connectivity index (χ1v) is 8.28. The molecule has 2 aromatic rings. The van der Waals surface area contributed by atoms with E-state index in [1.54, 1.807) is 6.26 Å². The molecule has 2 rings (SSSR count). The number of rotatable bonds is 8. The second-order valence-corrected chi connectivity index (χ2v) is 5.98. The number of carbonyl (C=O) groups is 2. The number of aliphatic carboxylic acids is 1. The van der Waals surface area contributed by atoms with Crippen molar-refractivity contribution in [1.29, 1.82) is 0 Å². The van der Waals surface area contributed by atoms with Crippen LogP contribution in [-0.2, 0) is 16.0 Å². The van der Waals surface area contributed by atoms with Crippen molar-refractivity contribution in [3.05, 3.63) is 41.8 Å². The Balaban J connectivity index is 1.75. The van der Waals surface area contributed by atoms with Crippen molar-refractivity contribution in [2.75, 3.05) is 18.1 Å². The van der Waals surface area contributed by atoms with Gasteiger partial charge in [-0.05, 0) is 19.1 Å². The Morgan fingerprint density at radius 2 is 2.00 bits per heavy atom. The molecule has 1 heterocycles. The Morgan fingerprint density at radius 1 is 1.26 bits per heavy atom. The highest BCUT2D eigenvalue weighted by atomic mass is 32.2. The molecule has 0 fully saturated rings. The average Bonchev–Trinajstić information content (AvgIpc) is 2.96. The van der Waals surface area contributed by atoms with Gasteiger partial charge in [-0.2, -0.15) is 0 Å². The van der Waals surface area contributed by atoms with Gasteiger partial charge in [-0.25, -0.2) is 4.98 Å². The maximum absolute atomic E-state index is 11.5. The zero-order valence-electron chi connectivity index (χ0n) is 12.7. The Bertz CT molecular complexity index is 667. The van der Waals surface area contributed by atoms with Gasteiger partial charge in [0, 0.05) is 18.5 Å². The van der Waals surface area contributed by atoms with E-state index in [1.165, 1.54) is 5.56 Å². The molecule has 1 aromatic heterocycles. The molecule has 0 aliphatic carbocycles. The second kappa shape index (κ2) is 8.38. The number of carboxylic acids is 1. The van der Waals surface area contributed by atoms with Gasteiger partial charge in [0.2, 0.25) is 11.8 Å². The van der Waals surface area contributed by atoms with Gasteiger partial charge in [-0.1, -0.05) is 17.7 Å². The van der Waals surface area contributed by atoms with Crippen molar-refractivity contribution in [3.8, 4) is 11.5 Å². The third kappa shape index (κ3) is 5.78. The molecule has 0 aliphatic rings. The molecule has 0 spiro atoms. The number of aryl methyl sites for hydroxylation is 1. The molecule has 0 unspecified atom stereocenters. The minimum atomic E-state index is -0.922. The Hall–Kier alpha value is -2.28. The first-order valence-electron chi connectivity index (χ1n) is 7.12. The lowest BCUT2D eigenvalue weighted by Gasteiger charge is -2.02. The summed E-state index contributed by atoms with van der Waals surface area (Å²) >= 11 is 1.07. The summed E-state index contributed by atoms with van der Waals surface area (Å²) in [5.41, 5.74) is 2.85. The third-order valence-corrected chi connectivity index (χ3v) is 3.93. The SMILES string of the molecule is Cc1ccc(-c2nc(CCNC(=O)CSCC(=O)O)co2)cc1. The number of carbonyl (C=O) groups excluding carboxylic acids is 1.